The number of ether oxygens (including phenoxy) is 2. The zero-order valence-electron chi connectivity index (χ0n) is 16.5. The van der Waals surface area contributed by atoms with Gasteiger partial charge in [-0.1, -0.05) is 31.4 Å². The minimum Gasteiger partial charge on any atom is -0.457 e. The van der Waals surface area contributed by atoms with E-state index in [9.17, 15) is 9.59 Å². The van der Waals surface area contributed by atoms with Crippen LogP contribution in [0.4, 0.5) is 0 Å². The van der Waals surface area contributed by atoms with Crippen LogP contribution in [0.5, 0.6) is 11.5 Å². The van der Waals surface area contributed by atoms with E-state index in [4.69, 9.17) is 13.9 Å². The summed E-state index contributed by atoms with van der Waals surface area (Å²) in [6.45, 7) is 8.67. The molecule has 0 unspecified atom stereocenters. The number of carbonyl (C=O) groups excluding carboxylic acids is 2. The quantitative estimate of drug-likeness (QED) is 0.293. The van der Waals surface area contributed by atoms with E-state index in [0.29, 0.717) is 23.0 Å². The molecule has 0 fully saturated rings. The second kappa shape index (κ2) is 9.39. The highest BCUT2D eigenvalue weighted by Crippen LogP contribution is 2.29. The van der Waals surface area contributed by atoms with Gasteiger partial charge >= 0.3 is 11.9 Å². The van der Waals surface area contributed by atoms with Crippen molar-refractivity contribution in [2.45, 2.75) is 6.92 Å². The second-order valence-electron chi connectivity index (χ2n) is 6.33. The minimum absolute atomic E-state index is 0.454. The Bertz CT molecular complexity index is 1120. The van der Waals surface area contributed by atoms with Gasteiger partial charge in [0.05, 0.1) is 0 Å². The molecule has 0 aliphatic heterocycles. The summed E-state index contributed by atoms with van der Waals surface area (Å²) in [6, 6.07) is 16.2. The molecule has 1 heterocycles. The number of benzene rings is 2. The van der Waals surface area contributed by atoms with Gasteiger partial charge in [0.2, 0.25) is 0 Å². The van der Waals surface area contributed by atoms with Crippen LogP contribution < -0.4 is 9.47 Å². The number of hydrogen-bond acceptors (Lipinski definition) is 5. The van der Waals surface area contributed by atoms with Crippen LogP contribution in [0.15, 0.2) is 84.3 Å². The summed E-state index contributed by atoms with van der Waals surface area (Å²) >= 11 is 0. The monoisotopic (exact) mass is 400 g/mol. The minimum atomic E-state index is -0.500. The summed E-state index contributed by atoms with van der Waals surface area (Å²) in [5.41, 5.74) is 2.75. The summed E-state index contributed by atoms with van der Waals surface area (Å²) < 4.78 is 16.1. The van der Waals surface area contributed by atoms with Gasteiger partial charge in [-0.2, -0.15) is 0 Å². The molecule has 0 saturated heterocycles. The van der Waals surface area contributed by atoms with Gasteiger partial charge in [0.15, 0.2) is 0 Å². The van der Waals surface area contributed by atoms with E-state index >= 15 is 0 Å². The number of carbonyl (C=O) groups is 2. The van der Waals surface area contributed by atoms with Crippen LogP contribution in [0.25, 0.3) is 23.5 Å². The lowest BCUT2D eigenvalue weighted by Gasteiger charge is -2.06. The third-order valence-corrected chi connectivity index (χ3v) is 4.18. The first-order valence-corrected chi connectivity index (χ1v) is 9.16. The maximum absolute atomic E-state index is 11.3. The predicted octanol–water partition coefficient (Wildman–Crippen LogP) is 5.61. The van der Waals surface area contributed by atoms with Crippen LogP contribution in [0, 0.1) is 6.92 Å². The summed E-state index contributed by atoms with van der Waals surface area (Å²) in [6.07, 6.45) is 5.98. The highest BCUT2D eigenvalue weighted by molar-refractivity contribution is 5.84. The molecular formula is C25H20O5. The van der Waals surface area contributed by atoms with E-state index < -0.39 is 11.9 Å². The zero-order valence-corrected chi connectivity index (χ0v) is 16.5. The number of furan rings is 1. The Labute approximate surface area is 174 Å². The molecule has 3 rings (SSSR count). The molecule has 0 radical (unpaired) electrons. The predicted molar refractivity (Wildman–Crippen MR) is 116 cm³/mol. The van der Waals surface area contributed by atoms with E-state index in [1.54, 1.807) is 24.3 Å². The Morgan fingerprint density at radius 1 is 0.833 bits per heavy atom. The Morgan fingerprint density at radius 3 is 2.10 bits per heavy atom. The van der Waals surface area contributed by atoms with Crippen LogP contribution in [0.2, 0.25) is 0 Å². The lowest BCUT2D eigenvalue weighted by atomic mass is 10.1. The van der Waals surface area contributed by atoms with Crippen LogP contribution in [0.1, 0.15) is 16.9 Å². The van der Waals surface area contributed by atoms with Crippen LogP contribution in [-0.2, 0) is 9.59 Å². The third kappa shape index (κ3) is 5.23. The van der Waals surface area contributed by atoms with Crippen molar-refractivity contribution in [2.24, 2.45) is 0 Å². The van der Waals surface area contributed by atoms with Crippen molar-refractivity contribution in [3.05, 3.63) is 96.8 Å². The van der Waals surface area contributed by atoms with Gasteiger partial charge < -0.3 is 13.9 Å². The summed E-state index contributed by atoms with van der Waals surface area (Å²) in [5.74, 6) is 1.31. The van der Waals surface area contributed by atoms with Crippen molar-refractivity contribution in [1.82, 2.24) is 0 Å². The largest absolute Gasteiger partial charge is 0.457 e. The molecule has 0 aliphatic carbocycles. The van der Waals surface area contributed by atoms with Crippen LogP contribution in [0.3, 0.4) is 0 Å². The van der Waals surface area contributed by atoms with E-state index in [2.05, 4.69) is 13.2 Å². The Kier molecular flexibility index (Phi) is 6.45. The Morgan fingerprint density at radius 2 is 1.47 bits per heavy atom. The molecule has 1 aromatic heterocycles. The fourth-order valence-corrected chi connectivity index (χ4v) is 2.70. The van der Waals surface area contributed by atoms with E-state index in [1.165, 1.54) is 0 Å². The number of rotatable bonds is 7. The highest BCUT2D eigenvalue weighted by atomic mass is 16.5. The molecule has 0 aliphatic rings. The molecule has 0 saturated carbocycles. The van der Waals surface area contributed by atoms with Gasteiger partial charge in [-0.25, -0.2) is 9.59 Å². The molecule has 2 aromatic carbocycles. The van der Waals surface area contributed by atoms with Gasteiger partial charge in [-0.05, 0) is 66.6 Å². The summed E-state index contributed by atoms with van der Waals surface area (Å²) in [7, 11) is 0. The van der Waals surface area contributed by atoms with Gasteiger partial charge in [0, 0.05) is 17.7 Å². The molecule has 5 heteroatoms. The van der Waals surface area contributed by atoms with Crippen LogP contribution >= 0.6 is 0 Å². The van der Waals surface area contributed by atoms with Crippen molar-refractivity contribution in [3.63, 3.8) is 0 Å². The second-order valence-corrected chi connectivity index (χ2v) is 6.33. The third-order valence-electron chi connectivity index (χ3n) is 4.18. The van der Waals surface area contributed by atoms with Crippen molar-refractivity contribution < 1.29 is 23.5 Å². The molecule has 0 N–H and O–H groups in total. The standard InChI is InChI=1S/C25H20O5/c1-4-24(26)29-20-10-7-18(8-11-20)6-9-19-13-15-23(28-19)22-14-12-21(16-17(22)3)30-25(27)5-2/h4-16H,1-2H2,3H3. The van der Waals surface area contributed by atoms with Gasteiger partial charge in [0.25, 0.3) is 0 Å². The van der Waals surface area contributed by atoms with Gasteiger partial charge in [-0.3, -0.25) is 0 Å². The molecule has 3 aromatic rings. The number of aryl methyl sites for hydroxylation is 1. The normalized spacial score (nSPS) is 10.6. The fourth-order valence-electron chi connectivity index (χ4n) is 2.70. The first-order chi connectivity index (χ1) is 14.5. The molecule has 0 amide bonds. The first-order valence-electron chi connectivity index (χ1n) is 9.16. The van der Waals surface area contributed by atoms with Crippen molar-refractivity contribution in [1.29, 1.82) is 0 Å². The van der Waals surface area contributed by atoms with E-state index in [1.807, 2.05) is 49.4 Å². The van der Waals surface area contributed by atoms with E-state index in [-0.39, 0.29) is 0 Å². The van der Waals surface area contributed by atoms with Crippen molar-refractivity contribution >= 4 is 24.1 Å². The van der Waals surface area contributed by atoms with Gasteiger partial charge in [-0.15, -0.1) is 0 Å². The summed E-state index contributed by atoms with van der Waals surface area (Å²) in [4.78, 5) is 22.5. The first kappa shape index (κ1) is 20.6. The van der Waals surface area contributed by atoms with Gasteiger partial charge in [0.1, 0.15) is 23.0 Å². The molecule has 5 nitrogen and oxygen atoms in total. The number of esters is 2. The highest BCUT2D eigenvalue weighted by Gasteiger charge is 2.09. The molecule has 150 valence electrons. The lowest BCUT2D eigenvalue weighted by molar-refractivity contribution is -0.129. The van der Waals surface area contributed by atoms with Crippen LogP contribution in [-0.4, -0.2) is 11.9 Å². The molecule has 0 bridgehead atoms. The fraction of sp³-hybridized carbons (Fsp3) is 0.0400. The van der Waals surface area contributed by atoms with Crippen molar-refractivity contribution in [3.8, 4) is 22.8 Å². The summed E-state index contributed by atoms with van der Waals surface area (Å²) in [5, 5.41) is 0. The molecule has 0 spiro atoms. The SMILES string of the molecule is C=CC(=O)Oc1ccc(C=Cc2ccc(-c3ccc(OC(=O)C=C)cc3C)o2)cc1. The maximum Gasteiger partial charge on any atom is 0.335 e. The average Bonchev–Trinajstić information content (AvgIpc) is 3.21. The average molecular weight is 400 g/mol. The van der Waals surface area contributed by atoms with E-state index in [0.717, 1.165) is 28.8 Å². The smallest absolute Gasteiger partial charge is 0.335 e. The molecule has 0 atom stereocenters. The molecule has 30 heavy (non-hydrogen) atoms. The lowest BCUT2D eigenvalue weighted by Crippen LogP contribution is -2.03. The van der Waals surface area contributed by atoms with Crippen molar-refractivity contribution in [2.75, 3.05) is 0 Å². The maximum atomic E-state index is 11.3. The topological polar surface area (TPSA) is 65.7 Å². The molecular weight excluding hydrogens is 380 g/mol. The Hall–Kier alpha value is -4.12. The zero-order chi connectivity index (χ0) is 21.5. The Balaban J connectivity index is 1.70. The number of hydrogen-bond donors (Lipinski definition) is 0.